The highest BCUT2D eigenvalue weighted by atomic mass is 79.9. The smallest absolute Gasteiger partial charge is 0.117 e. The average molecular weight is 296 g/mol. The van der Waals surface area contributed by atoms with Crippen molar-refractivity contribution in [3.05, 3.63) is 28.5 Å². The number of aromatic nitrogens is 2. The fourth-order valence-electron chi connectivity index (χ4n) is 2.19. The molecule has 17 heavy (non-hydrogen) atoms. The molecule has 2 aromatic rings. The topological polar surface area (TPSA) is 63.9 Å². The number of fused-ring (bicyclic) bond motifs is 1. The third-order valence-electron chi connectivity index (χ3n) is 3.50. The molecule has 0 aliphatic carbocycles. The lowest BCUT2D eigenvalue weighted by Crippen LogP contribution is -2.42. The molecule has 0 amide bonds. The molecule has 0 saturated carbocycles. The maximum atomic E-state index is 6.10. The van der Waals surface area contributed by atoms with Crippen LogP contribution >= 0.6 is 15.9 Å². The number of imidazole rings is 1. The first-order chi connectivity index (χ1) is 8.09. The maximum Gasteiger partial charge on any atom is 0.117 e. The Bertz CT molecular complexity index is 568. The summed E-state index contributed by atoms with van der Waals surface area (Å²) in [7, 11) is 0. The standard InChI is InChI=1S/C12H14BrN3O/c1-12(6-17-5-10(12)14)11-15-8-3-2-7(13)4-9(8)16-11/h2-4,10H,5-6,14H2,1H3,(H,15,16). The highest BCUT2D eigenvalue weighted by molar-refractivity contribution is 9.10. The Morgan fingerprint density at radius 2 is 2.41 bits per heavy atom. The van der Waals surface area contributed by atoms with E-state index < -0.39 is 0 Å². The van der Waals surface area contributed by atoms with E-state index in [2.05, 4.69) is 32.8 Å². The minimum atomic E-state index is -0.217. The van der Waals surface area contributed by atoms with Crippen LogP contribution in [-0.2, 0) is 10.2 Å². The zero-order valence-electron chi connectivity index (χ0n) is 9.53. The van der Waals surface area contributed by atoms with Gasteiger partial charge in [0.2, 0.25) is 0 Å². The van der Waals surface area contributed by atoms with Crippen molar-refractivity contribution >= 4 is 27.0 Å². The van der Waals surface area contributed by atoms with Gasteiger partial charge < -0.3 is 15.5 Å². The summed E-state index contributed by atoms with van der Waals surface area (Å²) < 4.78 is 6.49. The summed E-state index contributed by atoms with van der Waals surface area (Å²) in [6.07, 6.45) is 0. The van der Waals surface area contributed by atoms with E-state index in [1.807, 2.05) is 18.2 Å². The predicted molar refractivity (Wildman–Crippen MR) is 69.9 cm³/mol. The fraction of sp³-hybridized carbons (Fsp3) is 0.417. The molecule has 1 aromatic heterocycles. The number of ether oxygens (including phenoxy) is 1. The molecule has 1 aliphatic rings. The van der Waals surface area contributed by atoms with Crippen LogP contribution in [0.5, 0.6) is 0 Å². The quantitative estimate of drug-likeness (QED) is 0.845. The second-order valence-corrected chi connectivity index (χ2v) is 5.70. The summed E-state index contributed by atoms with van der Waals surface area (Å²) in [5, 5.41) is 0. The molecule has 0 spiro atoms. The number of hydrogen-bond donors (Lipinski definition) is 2. The monoisotopic (exact) mass is 295 g/mol. The molecule has 1 saturated heterocycles. The van der Waals surface area contributed by atoms with Gasteiger partial charge in [0.15, 0.2) is 0 Å². The molecule has 1 aromatic carbocycles. The predicted octanol–water partition coefficient (Wildman–Crippen LogP) is 1.94. The van der Waals surface area contributed by atoms with E-state index >= 15 is 0 Å². The van der Waals surface area contributed by atoms with Crippen molar-refractivity contribution in [3.8, 4) is 0 Å². The Morgan fingerprint density at radius 1 is 1.59 bits per heavy atom. The summed E-state index contributed by atoms with van der Waals surface area (Å²) in [4.78, 5) is 7.97. The molecule has 0 radical (unpaired) electrons. The Morgan fingerprint density at radius 3 is 3.12 bits per heavy atom. The Kier molecular flexibility index (Phi) is 2.50. The Hall–Kier alpha value is -0.910. The van der Waals surface area contributed by atoms with E-state index in [9.17, 15) is 0 Å². The van der Waals surface area contributed by atoms with E-state index in [1.54, 1.807) is 0 Å². The maximum absolute atomic E-state index is 6.10. The Balaban J connectivity index is 2.12. The lowest BCUT2D eigenvalue weighted by atomic mass is 9.85. The zero-order valence-corrected chi connectivity index (χ0v) is 11.1. The fourth-order valence-corrected chi connectivity index (χ4v) is 2.55. The summed E-state index contributed by atoms with van der Waals surface area (Å²) >= 11 is 3.45. The normalized spacial score (nSPS) is 29.0. The SMILES string of the molecule is CC1(c2nc3ccc(Br)cc3[nH]2)COCC1N. The van der Waals surface area contributed by atoms with Gasteiger partial charge in [0.1, 0.15) is 5.82 Å². The third kappa shape index (κ3) is 1.69. The van der Waals surface area contributed by atoms with Crippen molar-refractivity contribution in [1.29, 1.82) is 0 Å². The average Bonchev–Trinajstić information content (AvgIpc) is 2.84. The lowest BCUT2D eigenvalue weighted by molar-refractivity contribution is 0.178. The van der Waals surface area contributed by atoms with E-state index in [1.165, 1.54) is 0 Å². The zero-order chi connectivity index (χ0) is 12.0. The minimum absolute atomic E-state index is 0.00787. The molecular weight excluding hydrogens is 282 g/mol. The second kappa shape index (κ2) is 3.80. The van der Waals surface area contributed by atoms with Gasteiger partial charge in [0.05, 0.1) is 29.7 Å². The molecular formula is C12H14BrN3O. The van der Waals surface area contributed by atoms with Crippen molar-refractivity contribution in [1.82, 2.24) is 9.97 Å². The number of nitrogens with zero attached hydrogens (tertiary/aromatic N) is 1. The number of H-pyrrole nitrogens is 1. The third-order valence-corrected chi connectivity index (χ3v) is 4.00. The molecule has 1 fully saturated rings. The molecule has 2 atom stereocenters. The summed E-state index contributed by atoms with van der Waals surface area (Å²) in [5.41, 5.74) is 7.87. The second-order valence-electron chi connectivity index (χ2n) is 4.79. The number of benzene rings is 1. The molecule has 3 rings (SSSR count). The molecule has 5 heteroatoms. The van der Waals surface area contributed by atoms with Gasteiger partial charge in [-0.2, -0.15) is 0 Å². The first kappa shape index (κ1) is 11.2. The van der Waals surface area contributed by atoms with Crippen LogP contribution in [-0.4, -0.2) is 29.2 Å². The van der Waals surface area contributed by atoms with Crippen LogP contribution in [0.4, 0.5) is 0 Å². The summed E-state index contributed by atoms with van der Waals surface area (Å²) in [6.45, 7) is 3.31. The van der Waals surface area contributed by atoms with Gasteiger partial charge in [-0.1, -0.05) is 15.9 Å². The van der Waals surface area contributed by atoms with Crippen LogP contribution in [0.15, 0.2) is 22.7 Å². The van der Waals surface area contributed by atoms with Gasteiger partial charge in [0, 0.05) is 10.5 Å². The van der Waals surface area contributed by atoms with Crippen molar-refractivity contribution in [2.24, 2.45) is 5.73 Å². The number of nitrogens with two attached hydrogens (primary N) is 1. The largest absolute Gasteiger partial charge is 0.379 e. The van der Waals surface area contributed by atoms with Crippen LogP contribution in [0.1, 0.15) is 12.7 Å². The highest BCUT2D eigenvalue weighted by Crippen LogP contribution is 2.31. The molecule has 90 valence electrons. The van der Waals surface area contributed by atoms with Crippen LogP contribution in [0.2, 0.25) is 0 Å². The van der Waals surface area contributed by atoms with Crippen molar-refractivity contribution in [2.75, 3.05) is 13.2 Å². The number of rotatable bonds is 1. The van der Waals surface area contributed by atoms with Crippen LogP contribution in [0.25, 0.3) is 11.0 Å². The van der Waals surface area contributed by atoms with Gasteiger partial charge in [-0.3, -0.25) is 0 Å². The van der Waals surface area contributed by atoms with Crippen molar-refractivity contribution in [3.63, 3.8) is 0 Å². The van der Waals surface area contributed by atoms with Crippen LogP contribution < -0.4 is 5.73 Å². The van der Waals surface area contributed by atoms with Gasteiger partial charge >= 0.3 is 0 Å². The van der Waals surface area contributed by atoms with Crippen LogP contribution in [0.3, 0.4) is 0 Å². The minimum Gasteiger partial charge on any atom is -0.379 e. The highest BCUT2D eigenvalue weighted by Gasteiger charge is 2.41. The summed E-state index contributed by atoms with van der Waals surface area (Å²) in [6, 6.07) is 5.99. The lowest BCUT2D eigenvalue weighted by Gasteiger charge is -2.23. The molecule has 4 nitrogen and oxygen atoms in total. The van der Waals surface area contributed by atoms with Crippen LogP contribution in [0, 0.1) is 0 Å². The van der Waals surface area contributed by atoms with Crippen molar-refractivity contribution in [2.45, 2.75) is 18.4 Å². The van der Waals surface area contributed by atoms with E-state index in [0.29, 0.717) is 13.2 Å². The van der Waals surface area contributed by atoms with Gasteiger partial charge in [-0.05, 0) is 25.1 Å². The number of aromatic amines is 1. The molecule has 2 heterocycles. The van der Waals surface area contributed by atoms with Gasteiger partial charge in [0.25, 0.3) is 0 Å². The Labute approximate surface area is 108 Å². The first-order valence-corrected chi connectivity index (χ1v) is 6.38. The number of hydrogen-bond acceptors (Lipinski definition) is 3. The molecule has 0 bridgehead atoms. The first-order valence-electron chi connectivity index (χ1n) is 5.59. The molecule has 1 aliphatic heterocycles. The van der Waals surface area contributed by atoms with Gasteiger partial charge in [-0.15, -0.1) is 0 Å². The van der Waals surface area contributed by atoms with Crippen molar-refractivity contribution < 1.29 is 4.74 Å². The number of nitrogens with one attached hydrogen (secondary N) is 1. The van der Waals surface area contributed by atoms with E-state index in [0.717, 1.165) is 21.3 Å². The molecule has 3 N–H and O–H groups in total. The van der Waals surface area contributed by atoms with Gasteiger partial charge in [-0.25, -0.2) is 4.98 Å². The van der Waals surface area contributed by atoms with E-state index in [4.69, 9.17) is 10.5 Å². The number of halogens is 1. The molecule has 2 unspecified atom stereocenters. The van der Waals surface area contributed by atoms with E-state index in [-0.39, 0.29) is 11.5 Å². The summed E-state index contributed by atoms with van der Waals surface area (Å²) in [5.74, 6) is 0.913.